The Morgan fingerprint density at radius 2 is 2.47 bits per heavy atom. The normalized spacial score (nSPS) is 12.4. The van der Waals surface area contributed by atoms with Gasteiger partial charge in [0.05, 0.1) is 6.10 Å². The monoisotopic (exact) mass is 213 g/mol. The smallest absolute Gasteiger partial charge is 0.288 e. The van der Waals surface area contributed by atoms with Crippen LogP contribution in [-0.4, -0.2) is 40.3 Å². The first kappa shape index (κ1) is 11.4. The molecule has 0 saturated carbocycles. The van der Waals surface area contributed by atoms with Crippen molar-refractivity contribution in [1.82, 2.24) is 20.5 Å². The molecule has 0 aromatic carbocycles. The third-order valence-corrected chi connectivity index (χ3v) is 1.72. The van der Waals surface area contributed by atoms with Gasteiger partial charge in [0, 0.05) is 13.2 Å². The lowest BCUT2D eigenvalue weighted by Crippen LogP contribution is -2.32. The Balaban J connectivity index is 2.36. The molecule has 0 aliphatic rings. The Morgan fingerprint density at radius 1 is 1.73 bits per heavy atom. The van der Waals surface area contributed by atoms with E-state index < -0.39 is 0 Å². The number of nitrogens with one attached hydrogen (secondary N) is 2. The highest BCUT2D eigenvalue weighted by Crippen LogP contribution is 1.93. The Morgan fingerprint density at radius 3 is 3.00 bits per heavy atom. The molecule has 0 radical (unpaired) electrons. The molecule has 4 N–H and O–H groups in total. The summed E-state index contributed by atoms with van der Waals surface area (Å²) in [5, 5.41) is 8.62. The van der Waals surface area contributed by atoms with Crippen LogP contribution in [0.25, 0.3) is 0 Å². The zero-order valence-electron chi connectivity index (χ0n) is 8.78. The number of nitrogens with zero attached hydrogens (tertiary/aromatic N) is 2. The van der Waals surface area contributed by atoms with Crippen LogP contribution >= 0.6 is 0 Å². The van der Waals surface area contributed by atoms with Crippen LogP contribution in [0.15, 0.2) is 0 Å². The van der Waals surface area contributed by atoms with Crippen LogP contribution < -0.4 is 11.1 Å². The summed E-state index contributed by atoms with van der Waals surface area (Å²) < 4.78 is 5.25. The maximum Gasteiger partial charge on any atom is 0.288 e. The molecule has 1 unspecified atom stereocenters. The molecule has 0 saturated heterocycles. The van der Waals surface area contributed by atoms with E-state index in [2.05, 4.69) is 20.5 Å². The van der Waals surface area contributed by atoms with Crippen molar-refractivity contribution in [3.8, 4) is 0 Å². The summed E-state index contributed by atoms with van der Waals surface area (Å²) in [5.74, 6) is -0.181. The van der Waals surface area contributed by atoms with Crippen molar-refractivity contribution < 1.29 is 9.53 Å². The number of nitrogen functional groups attached to an aromatic ring is 1. The minimum absolute atomic E-state index is 0.0285. The lowest BCUT2D eigenvalue weighted by molar-refractivity contribution is 0.0691. The number of nitrogens with two attached hydrogens (primary N) is 1. The molecule has 0 aliphatic carbocycles. The van der Waals surface area contributed by atoms with E-state index in [9.17, 15) is 4.79 Å². The summed E-state index contributed by atoms with van der Waals surface area (Å²) in [6.07, 6.45) is -0.0285. The average molecular weight is 213 g/mol. The maximum absolute atomic E-state index is 11.4. The number of ether oxygens (including phenoxy) is 1. The van der Waals surface area contributed by atoms with Gasteiger partial charge in [-0.25, -0.2) is 0 Å². The molecule has 0 bridgehead atoms. The number of anilines is 1. The molecule has 1 atom stereocenters. The molecule has 7 nitrogen and oxygen atoms in total. The number of H-pyrrole nitrogens is 1. The Kier molecular flexibility index (Phi) is 4.04. The molecule has 7 heteroatoms. The molecular weight excluding hydrogens is 198 g/mol. The first-order valence-corrected chi connectivity index (χ1v) is 4.71. The van der Waals surface area contributed by atoms with Gasteiger partial charge < -0.3 is 15.8 Å². The molecule has 0 fully saturated rings. The molecule has 1 amide bonds. The third kappa shape index (κ3) is 3.55. The van der Waals surface area contributed by atoms with Crippen LogP contribution in [-0.2, 0) is 4.74 Å². The van der Waals surface area contributed by atoms with Gasteiger partial charge in [0.1, 0.15) is 0 Å². The number of aromatic nitrogens is 3. The zero-order chi connectivity index (χ0) is 11.3. The van der Waals surface area contributed by atoms with E-state index in [1.54, 1.807) is 0 Å². The summed E-state index contributed by atoms with van der Waals surface area (Å²) in [6.45, 7) is 4.81. The molecule has 1 aromatic heterocycles. The maximum atomic E-state index is 11.4. The van der Waals surface area contributed by atoms with Crippen molar-refractivity contribution in [3.63, 3.8) is 0 Å². The molecule has 0 spiro atoms. The summed E-state index contributed by atoms with van der Waals surface area (Å²) in [5.41, 5.74) is 5.26. The zero-order valence-corrected chi connectivity index (χ0v) is 8.78. The predicted octanol–water partition coefficient (Wildman–Crippen LogP) is -0.458. The molecule has 0 aliphatic heterocycles. The summed E-state index contributed by atoms with van der Waals surface area (Å²) in [7, 11) is 0. The van der Waals surface area contributed by atoms with Crippen LogP contribution in [0.3, 0.4) is 0 Å². The number of aromatic amines is 1. The Labute approximate surface area is 87.4 Å². The van der Waals surface area contributed by atoms with E-state index in [0.29, 0.717) is 13.2 Å². The number of carbonyl (C=O) groups is 1. The van der Waals surface area contributed by atoms with Gasteiger partial charge in [0.25, 0.3) is 5.91 Å². The standard InChI is InChI=1S/C8H15N5O2/c1-3-15-5(2)4-10-7(14)6-11-8(9)13-12-6/h5H,3-4H2,1-2H3,(H,10,14)(H3,9,11,12,13). The van der Waals surface area contributed by atoms with E-state index in [1.165, 1.54) is 0 Å². The molecule has 1 heterocycles. The van der Waals surface area contributed by atoms with Gasteiger partial charge in [-0.05, 0) is 13.8 Å². The second kappa shape index (κ2) is 5.30. The van der Waals surface area contributed by atoms with Crippen LogP contribution in [0.1, 0.15) is 24.5 Å². The van der Waals surface area contributed by atoms with E-state index >= 15 is 0 Å². The van der Waals surface area contributed by atoms with Crippen molar-refractivity contribution in [3.05, 3.63) is 5.82 Å². The van der Waals surface area contributed by atoms with Gasteiger partial charge in [-0.2, -0.15) is 4.98 Å². The molecule has 15 heavy (non-hydrogen) atoms. The SMILES string of the molecule is CCOC(C)CNC(=O)c1nc(N)n[nH]1. The van der Waals surface area contributed by atoms with Gasteiger partial charge in [0.15, 0.2) is 0 Å². The highest BCUT2D eigenvalue weighted by Gasteiger charge is 2.11. The van der Waals surface area contributed by atoms with E-state index in [-0.39, 0.29) is 23.8 Å². The minimum Gasteiger partial charge on any atom is -0.377 e. The lowest BCUT2D eigenvalue weighted by Gasteiger charge is -2.11. The first-order chi connectivity index (χ1) is 7.13. The topological polar surface area (TPSA) is 106 Å². The molecular formula is C8H15N5O2. The number of hydrogen-bond donors (Lipinski definition) is 3. The highest BCUT2D eigenvalue weighted by molar-refractivity contribution is 5.90. The number of carbonyl (C=O) groups excluding carboxylic acids is 1. The molecule has 84 valence electrons. The number of hydrogen-bond acceptors (Lipinski definition) is 5. The minimum atomic E-state index is -0.342. The van der Waals surface area contributed by atoms with Gasteiger partial charge in [-0.3, -0.25) is 9.89 Å². The van der Waals surface area contributed by atoms with Crippen molar-refractivity contribution >= 4 is 11.9 Å². The Bertz CT molecular complexity index is 325. The van der Waals surface area contributed by atoms with E-state index in [4.69, 9.17) is 10.5 Å². The number of amides is 1. The van der Waals surface area contributed by atoms with Crippen LogP contribution in [0.4, 0.5) is 5.95 Å². The second-order valence-corrected chi connectivity index (χ2v) is 3.02. The lowest BCUT2D eigenvalue weighted by atomic mass is 10.4. The van der Waals surface area contributed by atoms with Gasteiger partial charge in [-0.15, -0.1) is 5.10 Å². The third-order valence-electron chi connectivity index (χ3n) is 1.72. The fourth-order valence-electron chi connectivity index (χ4n) is 1.04. The van der Waals surface area contributed by atoms with Crippen molar-refractivity contribution in [2.45, 2.75) is 20.0 Å². The summed E-state index contributed by atoms with van der Waals surface area (Å²) in [4.78, 5) is 15.1. The number of rotatable bonds is 5. The molecule has 1 aromatic rings. The van der Waals surface area contributed by atoms with Crippen LogP contribution in [0.5, 0.6) is 0 Å². The van der Waals surface area contributed by atoms with Gasteiger partial charge in [0.2, 0.25) is 11.8 Å². The second-order valence-electron chi connectivity index (χ2n) is 3.02. The van der Waals surface area contributed by atoms with Crippen LogP contribution in [0, 0.1) is 0 Å². The quantitative estimate of drug-likeness (QED) is 0.613. The average Bonchev–Trinajstić information content (AvgIpc) is 2.62. The highest BCUT2D eigenvalue weighted by atomic mass is 16.5. The fraction of sp³-hybridized carbons (Fsp3) is 0.625. The Hall–Kier alpha value is -1.63. The largest absolute Gasteiger partial charge is 0.377 e. The first-order valence-electron chi connectivity index (χ1n) is 4.71. The summed E-state index contributed by atoms with van der Waals surface area (Å²) >= 11 is 0. The van der Waals surface area contributed by atoms with Gasteiger partial charge >= 0.3 is 0 Å². The van der Waals surface area contributed by atoms with E-state index in [1.807, 2.05) is 13.8 Å². The van der Waals surface area contributed by atoms with Crippen molar-refractivity contribution in [1.29, 1.82) is 0 Å². The van der Waals surface area contributed by atoms with E-state index in [0.717, 1.165) is 0 Å². The van der Waals surface area contributed by atoms with Crippen LogP contribution in [0.2, 0.25) is 0 Å². The van der Waals surface area contributed by atoms with Gasteiger partial charge in [-0.1, -0.05) is 0 Å². The summed E-state index contributed by atoms with van der Waals surface area (Å²) in [6, 6.07) is 0. The molecule has 1 rings (SSSR count). The van der Waals surface area contributed by atoms with Crippen molar-refractivity contribution in [2.24, 2.45) is 0 Å². The van der Waals surface area contributed by atoms with Crippen molar-refractivity contribution in [2.75, 3.05) is 18.9 Å². The predicted molar refractivity (Wildman–Crippen MR) is 54.2 cm³/mol. The fourth-order valence-corrected chi connectivity index (χ4v) is 1.04.